The standard InChI is InChI=1S/C19H24N4O3/c1-13-3-5-15(22-9-7-20-8-10-22)11-16(13)19(26)23(12-24)17-6-4-14(2)21-18(17)25/h3,5,11-12,17,20H,2,4,6-10H2,1H3,(H,21,25). The largest absolute Gasteiger partial charge is 0.369 e. The SMILES string of the molecule is C=C1CCC(N(C=O)C(=O)c2cc(N3CCNCC3)ccc2C)C(=O)N1. The van der Waals surface area contributed by atoms with Gasteiger partial charge < -0.3 is 15.5 Å². The van der Waals surface area contributed by atoms with E-state index in [4.69, 9.17) is 0 Å². The molecule has 1 aromatic carbocycles. The van der Waals surface area contributed by atoms with Crippen LogP contribution in [0.5, 0.6) is 0 Å². The van der Waals surface area contributed by atoms with Crippen LogP contribution in [-0.2, 0) is 9.59 Å². The number of aryl methyl sites for hydroxylation is 1. The molecule has 2 fully saturated rings. The molecule has 0 aliphatic carbocycles. The highest BCUT2D eigenvalue weighted by Gasteiger charge is 2.34. The summed E-state index contributed by atoms with van der Waals surface area (Å²) >= 11 is 0. The van der Waals surface area contributed by atoms with Gasteiger partial charge in [-0.15, -0.1) is 0 Å². The number of carbonyl (C=O) groups is 3. The number of allylic oxidation sites excluding steroid dienone is 1. The Kier molecular flexibility index (Phi) is 5.37. The molecule has 0 bridgehead atoms. The second kappa shape index (κ2) is 7.70. The van der Waals surface area contributed by atoms with Gasteiger partial charge in [0.1, 0.15) is 6.04 Å². The molecule has 0 spiro atoms. The third-order valence-corrected chi connectivity index (χ3v) is 4.94. The smallest absolute Gasteiger partial charge is 0.261 e. The van der Waals surface area contributed by atoms with Crippen molar-refractivity contribution in [3.63, 3.8) is 0 Å². The number of carbonyl (C=O) groups excluding carboxylic acids is 3. The number of hydrogen-bond acceptors (Lipinski definition) is 5. The molecule has 1 aromatic rings. The van der Waals surface area contributed by atoms with Gasteiger partial charge in [0.05, 0.1) is 0 Å². The van der Waals surface area contributed by atoms with Gasteiger partial charge in [0.2, 0.25) is 12.3 Å². The van der Waals surface area contributed by atoms with Gasteiger partial charge in [-0.05, 0) is 37.5 Å². The van der Waals surface area contributed by atoms with Crippen LogP contribution in [0.1, 0.15) is 28.8 Å². The number of hydrogen-bond donors (Lipinski definition) is 2. The molecule has 138 valence electrons. The zero-order chi connectivity index (χ0) is 18.7. The first kappa shape index (κ1) is 18.1. The number of amides is 3. The number of piperazine rings is 1. The van der Waals surface area contributed by atoms with Crippen LogP contribution >= 0.6 is 0 Å². The van der Waals surface area contributed by atoms with Crippen LogP contribution in [0.15, 0.2) is 30.5 Å². The molecule has 26 heavy (non-hydrogen) atoms. The number of imide groups is 1. The molecule has 0 saturated carbocycles. The molecule has 1 unspecified atom stereocenters. The number of piperidine rings is 1. The summed E-state index contributed by atoms with van der Waals surface area (Å²) in [6.07, 6.45) is 1.40. The van der Waals surface area contributed by atoms with Crippen molar-refractivity contribution < 1.29 is 14.4 Å². The van der Waals surface area contributed by atoms with Crippen LogP contribution < -0.4 is 15.5 Å². The van der Waals surface area contributed by atoms with Crippen molar-refractivity contribution >= 4 is 23.9 Å². The maximum Gasteiger partial charge on any atom is 0.261 e. The minimum atomic E-state index is -0.798. The Bertz CT molecular complexity index is 740. The molecule has 0 aromatic heterocycles. The maximum absolute atomic E-state index is 13.0. The van der Waals surface area contributed by atoms with Crippen molar-refractivity contribution in [2.24, 2.45) is 0 Å². The van der Waals surface area contributed by atoms with E-state index in [1.54, 1.807) is 0 Å². The van der Waals surface area contributed by atoms with Crippen molar-refractivity contribution in [2.75, 3.05) is 31.1 Å². The van der Waals surface area contributed by atoms with Crippen LogP contribution in [0.3, 0.4) is 0 Å². The highest BCUT2D eigenvalue weighted by Crippen LogP contribution is 2.23. The Morgan fingerprint density at radius 2 is 2.08 bits per heavy atom. The number of anilines is 1. The molecule has 1 atom stereocenters. The lowest BCUT2D eigenvalue weighted by Crippen LogP contribution is -2.51. The number of benzene rings is 1. The Balaban J connectivity index is 1.86. The molecule has 0 radical (unpaired) electrons. The summed E-state index contributed by atoms with van der Waals surface area (Å²) in [6, 6.07) is 4.89. The van der Waals surface area contributed by atoms with Crippen molar-refractivity contribution in [3.8, 4) is 0 Å². The zero-order valence-electron chi connectivity index (χ0n) is 15.0. The maximum atomic E-state index is 13.0. The van der Waals surface area contributed by atoms with Crippen LogP contribution in [0.2, 0.25) is 0 Å². The third-order valence-electron chi connectivity index (χ3n) is 4.94. The Morgan fingerprint density at radius 1 is 1.35 bits per heavy atom. The average Bonchev–Trinajstić information content (AvgIpc) is 2.65. The predicted octanol–water partition coefficient (Wildman–Crippen LogP) is 0.796. The van der Waals surface area contributed by atoms with E-state index >= 15 is 0 Å². The summed E-state index contributed by atoms with van der Waals surface area (Å²) in [5, 5.41) is 5.92. The lowest BCUT2D eigenvalue weighted by Gasteiger charge is -2.32. The van der Waals surface area contributed by atoms with E-state index in [1.807, 2.05) is 25.1 Å². The molecule has 2 N–H and O–H groups in total. The van der Waals surface area contributed by atoms with E-state index in [2.05, 4.69) is 22.1 Å². The molecule has 2 aliphatic rings. The molecule has 2 saturated heterocycles. The first-order chi connectivity index (χ1) is 12.5. The summed E-state index contributed by atoms with van der Waals surface area (Å²) in [7, 11) is 0. The molecule has 2 aliphatic heterocycles. The van der Waals surface area contributed by atoms with Crippen LogP contribution in [0.25, 0.3) is 0 Å². The summed E-state index contributed by atoms with van der Waals surface area (Å²) in [6.45, 7) is 9.07. The van der Waals surface area contributed by atoms with Crippen LogP contribution in [0.4, 0.5) is 5.69 Å². The lowest BCUT2D eigenvalue weighted by molar-refractivity contribution is -0.131. The van der Waals surface area contributed by atoms with E-state index in [-0.39, 0.29) is 5.91 Å². The normalized spacial score (nSPS) is 20.5. The van der Waals surface area contributed by atoms with E-state index in [1.165, 1.54) is 0 Å². The third kappa shape index (κ3) is 3.62. The minimum absolute atomic E-state index is 0.363. The zero-order valence-corrected chi connectivity index (χ0v) is 15.0. The monoisotopic (exact) mass is 356 g/mol. The Hall–Kier alpha value is -2.67. The van der Waals surface area contributed by atoms with E-state index in [9.17, 15) is 14.4 Å². The van der Waals surface area contributed by atoms with Gasteiger partial charge in [0.25, 0.3) is 5.91 Å². The van der Waals surface area contributed by atoms with Gasteiger partial charge >= 0.3 is 0 Å². The van der Waals surface area contributed by atoms with Gasteiger partial charge in [-0.3, -0.25) is 19.3 Å². The van der Waals surface area contributed by atoms with Crippen LogP contribution in [-0.4, -0.2) is 55.3 Å². The molecular weight excluding hydrogens is 332 g/mol. The summed E-state index contributed by atoms with van der Waals surface area (Å²) in [4.78, 5) is 40.1. The van der Waals surface area contributed by atoms with Gasteiger partial charge in [-0.1, -0.05) is 12.6 Å². The number of rotatable bonds is 4. The van der Waals surface area contributed by atoms with E-state index < -0.39 is 11.9 Å². The van der Waals surface area contributed by atoms with Crippen molar-refractivity contribution in [1.29, 1.82) is 0 Å². The fraction of sp³-hybridized carbons (Fsp3) is 0.421. The lowest BCUT2D eigenvalue weighted by atomic mass is 10.0. The topological polar surface area (TPSA) is 81.8 Å². The van der Waals surface area contributed by atoms with Gasteiger partial charge in [0, 0.05) is 43.1 Å². The Labute approximate surface area is 153 Å². The number of nitrogens with zero attached hydrogens (tertiary/aromatic N) is 2. The van der Waals surface area contributed by atoms with Crippen molar-refractivity contribution in [1.82, 2.24) is 15.5 Å². The Morgan fingerprint density at radius 3 is 2.73 bits per heavy atom. The second-order valence-corrected chi connectivity index (χ2v) is 6.70. The first-order valence-corrected chi connectivity index (χ1v) is 8.84. The van der Waals surface area contributed by atoms with Gasteiger partial charge in [-0.2, -0.15) is 0 Å². The van der Waals surface area contributed by atoms with Crippen molar-refractivity contribution in [3.05, 3.63) is 41.6 Å². The number of nitrogens with one attached hydrogen (secondary N) is 2. The highest BCUT2D eigenvalue weighted by atomic mass is 16.2. The quantitative estimate of drug-likeness (QED) is 0.780. The van der Waals surface area contributed by atoms with E-state index in [0.29, 0.717) is 30.5 Å². The first-order valence-electron chi connectivity index (χ1n) is 8.84. The van der Waals surface area contributed by atoms with E-state index in [0.717, 1.165) is 42.3 Å². The highest BCUT2D eigenvalue weighted by molar-refractivity contribution is 6.05. The molecule has 3 amide bonds. The van der Waals surface area contributed by atoms with Gasteiger partial charge in [-0.25, -0.2) is 0 Å². The fourth-order valence-electron chi connectivity index (χ4n) is 3.39. The summed E-state index contributed by atoms with van der Waals surface area (Å²) in [5.74, 6) is -0.806. The molecule has 3 rings (SSSR count). The van der Waals surface area contributed by atoms with Crippen LogP contribution in [0, 0.1) is 6.92 Å². The molecule has 7 heteroatoms. The molecular formula is C19H24N4O3. The predicted molar refractivity (Wildman–Crippen MR) is 98.8 cm³/mol. The molecule has 2 heterocycles. The fourth-order valence-corrected chi connectivity index (χ4v) is 3.39. The average molecular weight is 356 g/mol. The van der Waals surface area contributed by atoms with Gasteiger partial charge in [0.15, 0.2) is 0 Å². The summed E-state index contributed by atoms with van der Waals surface area (Å²) in [5.41, 5.74) is 2.79. The van der Waals surface area contributed by atoms with Crippen molar-refractivity contribution in [2.45, 2.75) is 25.8 Å². The second-order valence-electron chi connectivity index (χ2n) is 6.70. The minimum Gasteiger partial charge on any atom is -0.369 e. The summed E-state index contributed by atoms with van der Waals surface area (Å²) < 4.78 is 0. The molecule has 7 nitrogen and oxygen atoms in total.